The highest BCUT2D eigenvalue weighted by Crippen LogP contribution is 2.15. The third-order valence-corrected chi connectivity index (χ3v) is 4.04. The molecule has 0 fully saturated rings. The van der Waals surface area contributed by atoms with E-state index in [0.29, 0.717) is 0 Å². The number of amides is 1. The zero-order valence-corrected chi connectivity index (χ0v) is 13.4. The number of aromatic nitrogens is 1. The van der Waals surface area contributed by atoms with E-state index in [9.17, 15) is 4.79 Å². The second-order valence-corrected chi connectivity index (χ2v) is 5.58. The summed E-state index contributed by atoms with van der Waals surface area (Å²) in [4.78, 5) is 12.1. The van der Waals surface area contributed by atoms with Crippen molar-refractivity contribution in [2.75, 3.05) is 6.54 Å². The predicted molar refractivity (Wildman–Crippen MR) is 81.0 cm³/mol. The molecule has 0 aliphatic heterocycles. The Kier molecular flexibility index (Phi) is 6.84. The van der Waals surface area contributed by atoms with Crippen LogP contribution in [0.3, 0.4) is 0 Å². The first-order valence-corrected chi connectivity index (χ1v) is 7.59. The Morgan fingerprint density at radius 2 is 2.24 bits per heavy atom. The second-order valence-electron chi connectivity index (χ2n) is 5.58. The van der Waals surface area contributed by atoms with E-state index < -0.39 is 0 Å². The Bertz CT molecular complexity index is 447. The van der Waals surface area contributed by atoms with Crippen LogP contribution in [0.4, 0.5) is 0 Å². The average molecular weight is 297 g/mol. The van der Waals surface area contributed by atoms with Crippen LogP contribution >= 0.6 is 0 Å². The van der Waals surface area contributed by atoms with Gasteiger partial charge in [0.1, 0.15) is 6.61 Å². The van der Waals surface area contributed by atoms with Crippen molar-refractivity contribution in [2.24, 2.45) is 0 Å². The molecule has 21 heavy (non-hydrogen) atoms. The molecule has 0 saturated carbocycles. The first-order valence-electron chi connectivity index (χ1n) is 7.59. The summed E-state index contributed by atoms with van der Waals surface area (Å²) in [6.45, 7) is 9.00. The van der Waals surface area contributed by atoms with E-state index in [1.807, 2.05) is 6.92 Å². The number of carbonyl (C=O) groups excluding carboxylic acids is 1. The zero-order chi connectivity index (χ0) is 15.9. The molecule has 2 atom stereocenters. The van der Waals surface area contributed by atoms with Crippen molar-refractivity contribution in [3.05, 3.63) is 17.5 Å². The van der Waals surface area contributed by atoms with Crippen LogP contribution in [0.5, 0.6) is 0 Å². The number of aliphatic hydroxyl groups is 1. The molecule has 3 N–H and O–H groups in total. The number of nitrogens with one attached hydrogen (secondary N) is 2. The molecule has 0 spiro atoms. The maximum absolute atomic E-state index is 12.1. The molecule has 2 unspecified atom stereocenters. The topological polar surface area (TPSA) is 87.4 Å². The summed E-state index contributed by atoms with van der Waals surface area (Å²) in [5, 5.41) is 19.1. The standard InChI is InChI=1S/C15H27N3O3/c1-5-7-8-16-15(4,6-2)11(3)17-14(20)13-9-12(10-19)21-18-13/h9,11,16,19H,5-8,10H2,1-4H3,(H,17,20). The van der Waals surface area contributed by atoms with Gasteiger partial charge in [-0.15, -0.1) is 0 Å². The molecule has 1 amide bonds. The minimum absolute atomic E-state index is 0.0545. The van der Waals surface area contributed by atoms with E-state index in [1.165, 1.54) is 6.07 Å². The average Bonchev–Trinajstić information content (AvgIpc) is 2.96. The van der Waals surface area contributed by atoms with Gasteiger partial charge in [0.25, 0.3) is 5.91 Å². The lowest BCUT2D eigenvalue weighted by atomic mass is 9.90. The molecular weight excluding hydrogens is 270 g/mol. The molecule has 120 valence electrons. The van der Waals surface area contributed by atoms with Crippen molar-refractivity contribution in [1.29, 1.82) is 0 Å². The minimum Gasteiger partial charge on any atom is -0.388 e. The Labute approximate surface area is 126 Å². The van der Waals surface area contributed by atoms with Crippen molar-refractivity contribution >= 4 is 5.91 Å². The highest BCUT2D eigenvalue weighted by atomic mass is 16.5. The van der Waals surface area contributed by atoms with Gasteiger partial charge in [-0.3, -0.25) is 4.79 Å². The van der Waals surface area contributed by atoms with E-state index in [1.54, 1.807) is 0 Å². The van der Waals surface area contributed by atoms with E-state index in [4.69, 9.17) is 9.63 Å². The molecule has 1 heterocycles. The van der Waals surface area contributed by atoms with Gasteiger partial charge in [-0.2, -0.15) is 0 Å². The molecular formula is C15H27N3O3. The van der Waals surface area contributed by atoms with E-state index in [0.717, 1.165) is 25.8 Å². The highest BCUT2D eigenvalue weighted by molar-refractivity contribution is 5.92. The number of nitrogens with zero attached hydrogens (tertiary/aromatic N) is 1. The number of carbonyl (C=O) groups is 1. The fourth-order valence-electron chi connectivity index (χ4n) is 2.06. The van der Waals surface area contributed by atoms with E-state index in [-0.39, 0.29) is 35.5 Å². The molecule has 6 nitrogen and oxygen atoms in total. The molecule has 1 rings (SSSR count). The zero-order valence-electron chi connectivity index (χ0n) is 13.4. The predicted octanol–water partition coefficient (Wildman–Crippen LogP) is 1.84. The molecule has 0 radical (unpaired) electrons. The smallest absolute Gasteiger partial charge is 0.273 e. The van der Waals surface area contributed by atoms with Gasteiger partial charge >= 0.3 is 0 Å². The monoisotopic (exact) mass is 297 g/mol. The number of aliphatic hydroxyl groups excluding tert-OH is 1. The van der Waals surface area contributed by atoms with Crippen LogP contribution < -0.4 is 10.6 Å². The fraction of sp³-hybridized carbons (Fsp3) is 0.733. The summed E-state index contributed by atoms with van der Waals surface area (Å²) < 4.78 is 4.83. The van der Waals surface area contributed by atoms with Gasteiger partial charge in [0.05, 0.1) is 0 Å². The molecule has 0 saturated heterocycles. The van der Waals surface area contributed by atoms with Gasteiger partial charge in [0.15, 0.2) is 11.5 Å². The summed E-state index contributed by atoms with van der Waals surface area (Å²) in [6.07, 6.45) is 3.15. The van der Waals surface area contributed by atoms with Crippen LogP contribution in [0.25, 0.3) is 0 Å². The summed E-state index contributed by atoms with van der Waals surface area (Å²) in [5.74, 6) is -0.00459. The Morgan fingerprint density at radius 1 is 1.52 bits per heavy atom. The van der Waals surface area contributed by atoms with Gasteiger partial charge in [-0.05, 0) is 33.2 Å². The van der Waals surface area contributed by atoms with Gasteiger partial charge in [0, 0.05) is 17.6 Å². The highest BCUT2D eigenvalue weighted by Gasteiger charge is 2.30. The lowest BCUT2D eigenvalue weighted by Crippen LogP contribution is -2.57. The van der Waals surface area contributed by atoms with Crippen molar-refractivity contribution in [1.82, 2.24) is 15.8 Å². The van der Waals surface area contributed by atoms with Crippen molar-refractivity contribution in [2.45, 2.75) is 65.1 Å². The fourth-order valence-corrected chi connectivity index (χ4v) is 2.06. The van der Waals surface area contributed by atoms with Gasteiger partial charge in [0.2, 0.25) is 0 Å². The maximum Gasteiger partial charge on any atom is 0.273 e. The first kappa shape index (κ1) is 17.7. The summed E-state index contributed by atoms with van der Waals surface area (Å²) in [7, 11) is 0. The summed E-state index contributed by atoms with van der Waals surface area (Å²) in [6, 6.07) is 1.40. The SMILES string of the molecule is CCCCNC(C)(CC)C(C)NC(=O)c1cc(CO)on1. The van der Waals surface area contributed by atoms with Crippen molar-refractivity contribution < 1.29 is 14.4 Å². The molecule has 6 heteroatoms. The van der Waals surface area contributed by atoms with Crippen LogP contribution in [-0.4, -0.2) is 34.3 Å². The van der Waals surface area contributed by atoms with Crippen LogP contribution in [0.2, 0.25) is 0 Å². The van der Waals surface area contributed by atoms with Gasteiger partial charge in [-0.25, -0.2) is 0 Å². The van der Waals surface area contributed by atoms with Gasteiger partial charge in [-0.1, -0.05) is 25.4 Å². The normalized spacial score (nSPS) is 15.5. The first-order chi connectivity index (χ1) is 9.96. The van der Waals surface area contributed by atoms with Crippen LogP contribution in [0.15, 0.2) is 10.6 Å². The maximum atomic E-state index is 12.1. The second kappa shape index (κ2) is 8.14. The van der Waals surface area contributed by atoms with Gasteiger partial charge < -0.3 is 20.3 Å². The van der Waals surface area contributed by atoms with Crippen LogP contribution in [0.1, 0.15) is 63.2 Å². The quantitative estimate of drug-likeness (QED) is 0.605. The number of hydrogen-bond acceptors (Lipinski definition) is 5. The third-order valence-electron chi connectivity index (χ3n) is 4.04. The Morgan fingerprint density at radius 3 is 2.76 bits per heavy atom. The number of unbranched alkanes of at least 4 members (excludes halogenated alkanes) is 1. The van der Waals surface area contributed by atoms with Crippen LogP contribution in [0, 0.1) is 0 Å². The third kappa shape index (κ3) is 4.82. The van der Waals surface area contributed by atoms with E-state index >= 15 is 0 Å². The largest absolute Gasteiger partial charge is 0.388 e. The Balaban J connectivity index is 2.63. The van der Waals surface area contributed by atoms with Crippen LogP contribution in [-0.2, 0) is 6.61 Å². The summed E-state index contributed by atoms with van der Waals surface area (Å²) in [5.41, 5.74) is 0.0203. The minimum atomic E-state index is -0.289. The van der Waals surface area contributed by atoms with E-state index in [2.05, 4.69) is 36.6 Å². The molecule has 1 aromatic rings. The Hall–Kier alpha value is -1.40. The summed E-state index contributed by atoms with van der Waals surface area (Å²) >= 11 is 0. The van der Waals surface area contributed by atoms with Crippen molar-refractivity contribution in [3.63, 3.8) is 0 Å². The molecule has 0 aromatic carbocycles. The number of rotatable bonds is 9. The van der Waals surface area contributed by atoms with Crippen molar-refractivity contribution in [3.8, 4) is 0 Å². The molecule has 1 aromatic heterocycles. The lowest BCUT2D eigenvalue weighted by molar-refractivity contribution is 0.0901. The molecule has 0 aliphatic rings. The number of hydrogen-bond donors (Lipinski definition) is 3. The molecule has 0 bridgehead atoms. The molecule has 0 aliphatic carbocycles. The lowest BCUT2D eigenvalue weighted by Gasteiger charge is -2.36.